The van der Waals surface area contributed by atoms with Gasteiger partial charge in [0.2, 0.25) is 0 Å². The summed E-state index contributed by atoms with van der Waals surface area (Å²) in [5.41, 5.74) is 8.39. The Kier molecular flexibility index (Phi) is 2.11. The van der Waals surface area contributed by atoms with Crippen molar-refractivity contribution in [3.05, 3.63) is 18.2 Å². The quantitative estimate of drug-likeness (QED) is 0.737. The van der Waals surface area contributed by atoms with Gasteiger partial charge in [-0.15, -0.1) is 5.10 Å². The number of nitrogens with two attached hydrogens (primary N) is 1. The lowest BCUT2D eigenvalue weighted by Crippen LogP contribution is -2.05. The molecule has 4 nitrogen and oxygen atoms in total. The molecule has 2 rings (SSSR count). The van der Waals surface area contributed by atoms with Gasteiger partial charge in [-0.25, -0.2) is 4.68 Å². The fourth-order valence-corrected chi connectivity index (χ4v) is 1.45. The molecule has 0 aliphatic carbocycles. The number of anilines is 1. The van der Waals surface area contributed by atoms with E-state index in [1.165, 1.54) is 0 Å². The van der Waals surface area contributed by atoms with Crippen LogP contribution in [0.5, 0.6) is 0 Å². The Bertz CT molecular complexity index is 446. The van der Waals surface area contributed by atoms with Crippen molar-refractivity contribution in [3.63, 3.8) is 0 Å². The highest BCUT2D eigenvalue weighted by Crippen LogP contribution is 2.19. The van der Waals surface area contributed by atoms with Gasteiger partial charge >= 0.3 is 0 Å². The second-order valence-corrected chi connectivity index (χ2v) is 3.54. The maximum Gasteiger partial charge on any atom is 0.113 e. The van der Waals surface area contributed by atoms with Gasteiger partial charge in [0.1, 0.15) is 5.52 Å². The lowest BCUT2D eigenvalue weighted by Gasteiger charge is -2.08. The first kappa shape index (κ1) is 8.99. The van der Waals surface area contributed by atoms with Crippen LogP contribution in [0, 0.1) is 0 Å². The number of rotatable bonds is 2. The Morgan fingerprint density at radius 3 is 3.00 bits per heavy atom. The van der Waals surface area contributed by atoms with Crippen LogP contribution in [0.1, 0.15) is 26.3 Å². The predicted octanol–water partition coefficient (Wildman–Crippen LogP) is 1.98. The molecule has 2 N–H and O–H groups in total. The fraction of sp³-hybridized carbons (Fsp3) is 0.400. The summed E-state index contributed by atoms with van der Waals surface area (Å²) in [6.07, 6.45) is 1.03. The summed E-state index contributed by atoms with van der Waals surface area (Å²) in [5, 5.41) is 8.20. The minimum Gasteiger partial charge on any atom is -0.399 e. The van der Waals surface area contributed by atoms with Gasteiger partial charge in [0.15, 0.2) is 0 Å². The number of nitrogens with zero attached hydrogens (tertiary/aromatic N) is 3. The zero-order chi connectivity index (χ0) is 10.1. The maximum absolute atomic E-state index is 5.72. The zero-order valence-corrected chi connectivity index (χ0v) is 8.44. The molecule has 0 amide bonds. The highest BCUT2D eigenvalue weighted by Gasteiger charge is 2.08. The second-order valence-electron chi connectivity index (χ2n) is 3.54. The number of fused-ring (bicyclic) bond motifs is 1. The van der Waals surface area contributed by atoms with Gasteiger partial charge < -0.3 is 5.73 Å². The summed E-state index contributed by atoms with van der Waals surface area (Å²) < 4.78 is 1.92. The first-order chi connectivity index (χ1) is 6.72. The molecule has 1 aromatic heterocycles. The lowest BCUT2D eigenvalue weighted by atomic mass is 10.2. The Labute approximate surface area is 82.7 Å². The van der Waals surface area contributed by atoms with Crippen LogP contribution in [0.3, 0.4) is 0 Å². The van der Waals surface area contributed by atoms with E-state index in [2.05, 4.69) is 24.2 Å². The first-order valence-electron chi connectivity index (χ1n) is 4.82. The molecule has 14 heavy (non-hydrogen) atoms. The molecular formula is C10H14N4. The molecule has 0 saturated carbocycles. The Morgan fingerprint density at radius 1 is 1.50 bits per heavy atom. The molecule has 0 spiro atoms. The molecule has 1 heterocycles. The minimum atomic E-state index is 0.363. The lowest BCUT2D eigenvalue weighted by molar-refractivity contribution is 0.478. The van der Waals surface area contributed by atoms with E-state index in [1.54, 1.807) is 0 Å². The summed E-state index contributed by atoms with van der Waals surface area (Å²) in [6.45, 7) is 4.25. The third-order valence-corrected chi connectivity index (χ3v) is 2.50. The van der Waals surface area contributed by atoms with Crippen LogP contribution in [-0.2, 0) is 0 Å². The molecule has 0 aliphatic rings. The summed E-state index contributed by atoms with van der Waals surface area (Å²) in [5.74, 6) is 0. The summed E-state index contributed by atoms with van der Waals surface area (Å²) in [6, 6.07) is 6.03. The highest BCUT2D eigenvalue weighted by molar-refractivity contribution is 5.78. The van der Waals surface area contributed by atoms with Crippen LogP contribution in [0.15, 0.2) is 18.2 Å². The Morgan fingerprint density at radius 2 is 2.29 bits per heavy atom. The SMILES string of the molecule is CC[C@@H](C)n1nnc2ccc(N)cc21. The molecule has 0 radical (unpaired) electrons. The van der Waals surface area contributed by atoms with E-state index in [-0.39, 0.29) is 0 Å². The largest absolute Gasteiger partial charge is 0.399 e. The molecule has 0 aliphatic heterocycles. The standard InChI is InChI=1S/C10H14N4/c1-3-7(2)14-10-6-8(11)4-5-9(10)12-13-14/h4-7H,3,11H2,1-2H3/t7-/m1/s1. The monoisotopic (exact) mass is 190 g/mol. The van der Waals surface area contributed by atoms with Crippen molar-refractivity contribution in [3.8, 4) is 0 Å². The number of hydrogen-bond donors (Lipinski definition) is 1. The minimum absolute atomic E-state index is 0.363. The smallest absolute Gasteiger partial charge is 0.113 e. The highest BCUT2D eigenvalue weighted by atomic mass is 15.4. The summed E-state index contributed by atoms with van der Waals surface area (Å²) in [4.78, 5) is 0. The van der Waals surface area contributed by atoms with E-state index >= 15 is 0 Å². The van der Waals surface area contributed by atoms with E-state index in [9.17, 15) is 0 Å². The average molecular weight is 190 g/mol. The van der Waals surface area contributed by atoms with E-state index < -0.39 is 0 Å². The zero-order valence-electron chi connectivity index (χ0n) is 8.44. The Balaban J connectivity index is 2.61. The number of nitrogen functional groups attached to an aromatic ring is 1. The molecule has 4 heteroatoms. The molecule has 2 aromatic rings. The molecule has 0 unspecified atom stereocenters. The Hall–Kier alpha value is -1.58. The topological polar surface area (TPSA) is 56.7 Å². The van der Waals surface area contributed by atoms with E-state index in [4.69, 9.17) is 5.73 Å². The molecule has 1 aromatic carbocycles. The van der Waals surface area contributed by atoms with Crippen LogP contribution < -0.4 is 5.73 Å². The molecule has 1 atom stereocenters. The van der Waals surface area contributed by atoms with Crippen molar-refractivity contribution < 1.29 is 0 Å². The van der Waals surface area contributed by atoms with Gasteiger partial charge in [-0.1, -0.05) is 12.1 Å². The van der Waals surface area contributed by atoms with Gasteiger partial charge in [0, 0.05) is 5.69 Å². The van der Waals surface area contributed by atoms with Crippen molar-refractivity contribution in [2.75, 3.05) is 5.73 Å². The molecular weight excluding hydrogens is 176 g/mol. The van der Waals surface area contributed by atoms with Crippen molar-refractivity contribution in [2.24, 2.45) is 0 Å². The van der Waals surface area contributed by atoms with Crippen molar-refractivity contribution in [1.29, 1.82) is 0 Å². The van der Waals surface area contributed by atoms with Gasteiger partial charge in [-0.05, 0) is 31.5 Å². The fourth-order valence-electron chi connectivity index (χ4n) is 1.45. The number of hydrogen-bond acceptors (Lipinski definition) is 3. The van der Waals surface area contributed by atoms with Crippen molar-refractivity contribution >= 4 is 16.7 Å². The van der Waals surface area contributed by atoms with Crippen LogP contribution in [-0.4, -0.2) is 15.0 Å². The third kappa shape index (κ3) is 1.32. The number of benzene rings is 1. The maximum atomic E-state index is 5.72. The molecule has 0 fully saturated rings. The van der Waals surface area contributed by atoms with Crippen LogP contribution >= 0.6 is 0 Å². The predicted molar refractivity (Wildman–Crippen MR) is 56.9 cm³/mol. The molecule has 0 saturated heterocycles. The van der Waals surface area contributed by atoms with Crippen LogP contribution in [0.2, 0.25) is 0 Å². The van der Waals surface area contributed by atoms with Gasteiger partial charge in [0.25, 0.3) is 0 Å². The van der Waals surface area contributed by atoms with E-state index in [0.29, 0.717) is 6.04 Å². The first-order valence-corrected chi connectivity index (χ1v) is 4.82. The molecule has 74 valence electrons. The average Bonchev–Trinajstić information content (AvgIpc) is 2.59. The van der Waals surface area contributed by atoms with Crippen LogP contribution in [0.25, 0.3) is 11.0 Å². The normalized spacial score (nSPS) is 13.3. The van der Waals surface area contributed by atoms with Crippen molar-refractivity contribution in [1.82, 2.24) is 15.0 Å². The van der Waals surface area contributed by atoms with Gasteiger partial charge in [0.05, 0.1) is 11.6 Å². The third-order valence-electron chi connectivity index (χ3n) is 2.50. The second kappa shape index (κ2) is 3.29. The summed E-state index contributed by atoms with van der Waals surface area (Å²) in [7, 11) is 0. The van der Waals surface area contributed by atoms with Gasteiger partial charge in [-0.2, -0.15) is 0 Å². The van der Waals surface area contributed by atoms with Crippen LogP contribution in [0.4, 0.5) is 5.69 Å². The molecule has 0 bridgehead atoms. The van der Waals surface area contributed by atoms with Gasteiger partial charge in [-0.3, -0.25) is 0 Å². The number of aromatic nitrogens is 3. The van der Waals surface area contributed by atoms with E-state index in [0.717, 1.165) is 23.1 Å². The summed E-state index contributed by atoms with van der Waals surface area (Å²) >= 11 is 0. The van der Waals surface area contributed by atoms with E-state index in [1.807, 2.05) is 22.9 Å². The van der Waals surface area contributed by atoms with Crippen molar-refractivity contribution in [2.45, 2.75) is 26.3 Å².